The molecule has 3 aliphatic heterocycles. The number of fused-ring (bicyclic) bond motifs is 2. The van der Waals surface area contributed by atoms with E-state index in [0.717, 1.165) is 50.9 Å². The molecule has 4 aliphatic rings. The third kappa shape index (κ3) is 4.25. The SMILES string of the molecule is CC(C)[C@H](C)N1Cc2ccc(NC3NN([C@H]4CCCC[C@@H]4C#N)C4CCNC(=O)C34)cc2C1. The van der Waals surface area contributed by atoms with Crippen LogP contribution in [0.1, 0.15) is 64.0 Å². The summed E-state index contributed by atoms with van der Waals surface area (Å²) in [6.45, 7) is 9.58. The molecule has 3 heterocycles. The Morgan fingerprint density at radius 3 is 2.67 bits per heavy atom. The van der Waals surface area contributed by atoms with Gasteiger partial charge in [-0.25, -0.2) is 10.4 Å². The lowest BCUT2D eigenvalue weighted by Gasteiger charge is -2.39. The summed E-state index contributed by atoms with van der Waals surface area (Å²) in [5.41, 5.74) is 7.50. The van der Waals surface area contributed by atoms with Crippen molar-refractivity contribution in [3.63, 3.8) is 0 Å². The fourth-order valence-corrected chi connectivity index (χ4v) is 6.30. The molecule has 0 bridgehead atoms. The fraction of sp³-hybridized carbons (Fsp3) is 0.692. The molecule has 1 saturated carbocycles. The normalized spacial score (nSPS) is 33.3. The zero-order valence-corrected chi connectivity index (χ0v) is 20.2. The van der Waals surface area contributed by atoms with E-state index in [-0.39, 0.29) is 36.0 Å². The largest absolute Gasteiger partial charge is 0.368 e. The molecule has 1 aliphatic carbocycles. The molecule has 1 aromatic carbocycles. The van der Waals surface area contributed by atoms with E-state index in [1.54, 1.807) is 0 Å². The summed E-state index contributed by atoms with van der Waals surface area (Å²) in [6.07, 6.45) is 5.01. The van der Waals surface area contributed by atoms with Crippen molar-refractivity contribution < 1.29 is 4.79 Å². The lowest BCUT2D eigenvalue weighted by Crippen LogP contribution is -2.54. The summed E-state index contributed by atoms with van der Waals surface area (Å²) in [5, 5.41) is 18.8. The van der Waals surface area contributed by atoms with Gasteiger partial charge in [0.15, 0.2) is 0 Å². The number of amides is 1. The number of hydrogen-bond donors (Lipinski definition) is 3. The summed E-state index contributed by atoms with van der Waals surface area (Å²) in [5.74, 6) is 0.612. The Labute approximate surface area is 197 Å². The highest BCUT2D eigenvalue weighted by atomic mass is 16.2. The van der Waals surface area contributed by atoms with E-state index >= 15 is 0 Å². The topological polar surface area (TPSA) is 83.4 Å². The molecule has 5 rings (SSSR count). The van der Waals surface area contributed by atoms with Crippen molar-refractivity contribution in [2.45, 2.75) is 90.3 Å². The van der Waals surface area contributed by atoms with Gasteiger partial charge in [0.2, 0.25) is 5.91 Å². The standard InChI is InChI=1S/C26H38N6O/c1-16(2)17(3)31-14-19-8-9-21(12-20(19)15-31)29-25-24-23(10-11-28-26(24)33)32(30-25)22-7-5-4-6-18(22)13-27/h8-9,12,16-18,22-25,29-30H,4-7,10-11,14-15H2,1-3H3,(H,28,33)/t17-,18+,22-,23?,24?,25?/m0/s1. The molecule has 0 aromatic heterocycles. The fourth-order valence-electron chi connectivity index (χ4n) is 6.30. The van der Waals surface area contributed by atoms with Gasteiger partial charge in [0.1, 0.15) is 6.17 Å². The number of benzene rings is 1. The summed E-state index contributed by atoms with van der Waals surface area (Å²) >= 11 is 0. The van der Waals surface area contributed by atoms with Gasteiger partial charge in [-0.2, -0.15) is 5.26 Å². The van der Waals surface area contributed by atoms with Crippen molar-refractivity contribution in [1.29, 1.82) is 5.26 Å². The van der Waals surface area contributed by atoms with E-state index < -0.39 is 0 Å². The maximum atomic E-state index is 12.9. The monoisotopic (exact) mass is 450 g/mol. The first kappa shape index (κ1) is 22.6. The smallest absolute Gasteiger partial charge is 0.228 e. The third-order valence-corrected chi connectivity index (χ3v) is 8.53. The molecule has 0 spiro atoms. The molecular weight excluding hydrogens is 412 g/mol. The number of piperidine rings is 1. The van der Waals surface area contributed by atoms with Crippen LogP contribution in [0.3, 0.4) is 0 Å². The number of rotatable bonds is 5. The van der Waals surface area contributed by atoms with E-state index in [0.29, 0.717) is 18.5 Å². The van der Waals surface area contributed by atoms with Gasteiger partial charge >= 0.3 is 0 Å². The van der Waals surface area contributed by atoms with Crippen molar-refractivity contribution in [2.24, 2.45) is 17.8 Å². The Kier molecular flexibility index (Phi) is 6.34. The molecule has 3 unspecified atom stereocenters. The van der Waals surface area contributed by atoms with Crippen molar-refractivity contribution >= 4 is 11.6 Å². The third-order valence-electron chi connectivity index (χ3n) is 8.53. The van der Waals surface area contributed by atoms with Gasteiger partial charge in [-0.15, -0.1) is 0 Å². The predicted octanol–water partition coefficient (Wildman–Crippen LogP) is 3.19. The second-order valence-corrected chi connectivity index (χ2v) is 10.8. The molecule has 33 heavy (non-hydrogen) atoms. The average molecular weight is 451 g/mol. The predicted molar refractivity (Wildman–Crippen MR) is 129 cm³/mol. The first-order chi connectivity index (χ1) is 16.0. The number of anilines is 1. The Bertz CT molecular complexity index is 926. The van der Waals surface area contributed by atoms with Crippen LogP contribution in [0.15, 0.2) is 18.2 Å². The molecule has 3 N–H and O–H groups in total. The number of carbonyl (C=O) groups is 1. The van der Waals surface area contributed by atoms with Crippen LogP contribution in [0.2, 0.25) is 0 Å². The van der Waals surface area contributed by atoms with E-state index in [1.165, 1.54) is 11.1 Å². The highest BCUT2D eigenvalue weighted by Gasteiger charge is 2.51. The second kappa shape index (κ2) is 9.25. The Hall–Kier alpha value is -2.14. The van der Waals surface area contributed by atoms with Crippen LogP contribution >= 0.6 is 0 Å². The maximum Gasteiger partial charge on any atom is 0.228 e. The Balaban J connectivity index is 1.34. The van der Waals surface area contributed by atoms with Crippen LogP contribution in [0.4, 0.5) is 5.69 Å². The number of carbonyl (C=O) groups excluding carboxylic acids is 1. The molecule has 7 nitrogen and oxygen atoms in total. The Morgan fingerprint density at radius 2 is 1.88 bits per heavy atom. The molecular formula is C26H38N6O. The van der Waals surface area contributed by atoms with E-state index in [2.05, 4.69) is 71.0 Å². The molecule has 3 fully saturated rings. The molecule has 6 atom stereocenters. The summed E-state index contributed by atoms with van der Waals surface area (Å²) in [6, 6.07) is 10.1. The molecule has 7 heteroatoms. The zero-order valence-electron chi connectivity index (χ0n) is 20.2. The minimum Gasteiger partial charge on any atom is -0.368 e. The lowest BCUT2D eigenvalue weighted by atomic mass is 9.83. The minimum absolute atomic E-state index is 0.0320. The van der Waals surface area contributed by atoms with Gasteiger partial charge in [0.05, 0.1) is 17.9 Å². The van der Waals surface area contributed by atoms with Crippen molar-refractivity contribution in [3.8, 4) is 6.07 Å². The van der Waals surface area contributed by atoms with Crippen molar-refractivity contribution in [1.82, 2.24) is 20.7 Å². The van der Waals surface area contributed by atoms with Crippen molar-refractivity contribution in [3.05, 3.63) is 29.3 Å². The van der Waals surface area contributed by atoms with Gasteiger partial charge in [-0.1, -0.05) is 32.8 Å². The van der Waals surface area contributed by atoms with E-state index in [1.807, 2.05) is 0 Å². The van der Waals surface area contributed by atoms with Crippen LogP contribution in [-0.2, 0) is 17.9 Å². The number of hydrogen-bond acceptors (Lipinski definition) is 6. The van der Waals surface area contributed by atoms with E-state index in [9.17, 15) is 10.1 Å². The van der Waals surface area contributed by atoms with Gasteiger partial charge in [0, 0.05) is 43.4 Å². The Morgan fingerprint density at radius 1 is 1.09 bits per heavy atom. The number of nitrogens with zero attached hydrogens (tertiary/aromatic N) is 3. The first-order valence-electron chi connectivity index (χ1n) is 12.8. The van der Waals surface area contributed by atoms with Crippen LogP contribution < -0.4 is 16.1 Å². The maximum absolute atomic E-state index is 12.9. The summed E-state index contributed by atoms with van der Waals surface area (Å²) < 4.78 is 0. The highest BCUT2D eigenvalue weighted by molar-refractivity contribution is 5.82. The molecule has 2 saturated heterocycles. The summed E-state index contributed by atoms with van der Waals surface area (Å²) in [7, 11) is 0. The van der Waals surface area contributed by atoms with Crippen LogP contribution in [0, 0.1) is 29.1 Å². The van der Waals surface area contributed by atoms with Crippen LogP contribution in [0.25, 0.3) is 0 Å². The average Bonchev–Trinajstić information content (AvgIpc) is 3.40. The zero-order chi connectivity index (χ0) is 23.1. The number of hydrazine groups is 1. The minimum atomic E-state index is -0.165. The number of nitrogens with one attached hydrogen (secondary N) is 3. The molecule has 0 radical (unpaired) electrons. The first-order valence-corrected chi connectivity index (χ1v) is 12.8. The molecule has 1 amide bonds. The molecule has 178 valence electrons. The lowest BCUT2D eigenvalue weighted by molar-refractivity contribution is -0.128. The van der Waals surface area contributed by atoms with Gasteiger partial charge in [-0.3, -0.25) is 9.69 Å². The summed E-state index contributed by atoms with van der Waals surface area (Å²) in [4.78, 5) is 15.5. The van der Waals surface area contributed by atoms with E-state index in [4.69, 9.17) is 0 Å². The van der Waals surface area contributed by atoms with Crippen molar-refractivity contribution in [2.75, 3.05) is 11.9 Å². The quantitative estimate of drug-likeness (QED) is 0.639. The highest BCUT2D eigenvalue weighted by Crippen LogP contribution is 2.37. The van der Waals surface area contributed by atoms with Gasteiger partial charge < -0.3 is 10.6 Å². The van der Waals surface area contributed by atoms with Crippen LogP contribution in [0.5, 0.6) is 0 Å². The molecule has 1 aromatic rings. The van der Waals surface area contributed by atoms with Crippen LogP contribution in [-0.4, -0.2) is 46.7 Å². The van der Waals surface area contributed by atoms with Gasteiger partial charge in [-0.05, 0) is 55.4 Å². The number of nitriles is 1. The van der Waals surface area contributed by atoms with Gasteiger partial charge in [0.25, 0.3) is 0 Å². The second-order valence-electron chi connectivity index (χ2n) is 10.8.